The molecule has 0 aliphatic heterocycles. The highest BCUT2D eigenvalue weighted by molar-refractivity contribution is 5.90. The van der Waals surface area contributed by atoms with E-state index >= 15 is 0 Å². The number of esters is 2. The average Bonchev–Trinajstić information content (AvgIpc) is 2.36. The third-order valence-electron chi connectivity index (χ3n) is 2.36. The number of carbonyl (C=O) groups is 2. The van der Waals surface area contributed by atoms with Gasteiger partial charge in [0.15, 0.2) is 0 Å². The Hall–Kier alpha value is -1.84. The van der Waals surface area contributed by atoms with Crippen LogP contribution in [0.3, 0.4) is 0 Å². The predicted molar refractivity (Wildman–Crippen MR) is 58.2 cm³/mol. The van der Waals surface area contributed by atoms with E-state index in [2.05, 4.69) is 9.47 Å². The number of ether oxygens (including phenoxy) is 2. The fourth-order valence-corrected chi connectivity index (χ4v) is 1.37. The number of hydrogen-bond acceptors (Lipinski definition) is 4. The highest BCUT2D eigenvalue weighted by atomic mass is 16.5. The monoisotopic (exact) mass is 222 g/mol. The van der Waals surface area contributed by atoms with Crippen molar-refractivity contribution in [1.29, 1.82) is 0 Å². The summed E-state index contributed by atoms with van der Waals surface area (Å²) in [5.41, 5.74) is 1.16. The van der Waals surface area contributed by atoms with Gasteiger partial charge < -0.3 is 9.47 Å². The Labute approximate surface area is 94.2 Å². The van der Waals surface area contributed by atoms with Gasteiger partial charge in [-0.15, -0.1) is 0 Å². The fourth-order valence-electron chi connectivity index (χ4n) is 1.37. The molecule has 0 aromatic heterocycles. The van der Waals surface area contributed by atoms with E-state index in [1.54, 1.807) is 31.2 Å². The summed E-state index contributed by atoms with van der Waals surface area (Å²) in [7, 11) is 2.65. The molecular formula is C12H14O4. The lowest BCUT2D eigenvalue weighted by Crippen LogP contribution is -2.11. The van der Waals surface area contributed by atoms with Crippen LogP contribution in [0.5, 0.6) is 0 Å². The van der Waals surface area contributed by atoms with Crippen molar-refractivity contribution in [2.75, 3.05) is 14.2 Å². The molecule has 1 aromatic carbocycles. The maximum atomic E-state index is 11.3. The van der Waals surface area contributed by atoms with Crippen LogP contribution in [-0.4, -0.2) is 26.2 Å². The molecule has 0 fully saturated rings. The fraction of sp³-hybridized carbons (Fsp3) is 0.333. The van der Waals surface area contributed by atoms with Gasteiger partial charge in [-0.1, -0.05) is 12.1 Å². The highest BCUT2D eigenvalue weighted by Crippen LogP contribution is 2.18. The van der Waals surface area contributed by atoms with Gasteiger partial charge in [-0.25, -0.2) is 4.79 Å². The van der Waals surface area contributed by atoms with Crippen molar-refractivity contribution in [3.05, 3.63) is 35.4 Å². The minimum atomic E-state index is -0.418. The molecule has 1 unspecified atom stereocenters. The number of hydrogen-bond donors (Lipinski definition) is 0. The van der Waals surface area contributed by atoms with E-state index in [0.29, 0.717) is 5.56 Å². The second-order valence-electron chi connectivity index (χ2n) is 3.36. The largest absolute Gasteiger partial charge is 0.469 e. The van der Waals surface area contributed by atoms with Crippen LogP contribution in [0.1, 0.15) is 28.8 Å². The molecule has 4 heteroatoms. The lowest BCUT2D eigenvalue weighted by Gasteiger charge is -2.10. The lowest BCUT2D eigenvalue weighted by atomic mass is 9.99. The van der Waals surface area contributed by atoms with Crippen molar-refractivity contribution < 1.29 is 19.1 Å². The van der Waals surface area contributed by atoms with Crippen molar-refractivity contribution in [1.82, 2.24) is 0 Å². The van der Waals surface area contributed by atoms with E-state index in [-0.39, 0.29) is 5.97 Å². The van der Waals surface area contributed by atoms with Crippen LogP contribution in [0.4, 0.5) is 0 Å². The molecule has 16 heavy (non-hydrogen) atoms. The van der Waals surface area contributed by atoms with Crippen molar-refractivity contribution >= 4 is 11.9 Å². The highest BCUT2D eigenvalue weighted by Gasteiger charge is 2.17. The first-order chi connectivity index (χ1) is 7.60. The van der Waals surface area contributed by atoms with E-state index in [9.17, 15) is 9.59 Å². The van der Waals surface area contributed by atoms with E-state index in [1.165, 1.54) is 14.2 Å². The summed E-state index contributed by atoms with van der Waals surface area (Å²) in [6.45, 7) is 1.72. The van der Waals surface area contributed by atoms with Crippen LogP contribution in [0.25, 0.3) is 0 Å². The van der Waals surface area contributed by atoms with E-state index in [4.69, 9.17) is 0 Å². The summed E-state index contributed by atoms with van der Waals surface area (Å²) >= 11 is 0. The topological polar surface area (TPSA) is 52.6 Å². The van der Waals surface area contributed by atoms with Crippen LogP contribution in [0, 0.1) is 0 Å². The zero-order valence-corrected chi connectivity index (χ0v) is 9.52. The van der Waals surface area contributed by atoms with Gasteiger partial charge in [0.2, 0.25) is 0 Å². The van der Waals surface area contributed by atoms with Crippen molar-refractivity contribution in [2.45, 2.75) is 12.8 Å². The first-order valence-electron chi connectivity index (χ1n) is 4.86. The molecule has 0 spiro atoms. The second kappa shape index (κ2) is 5.30. The Balaban J connectivity index is 2.98. The minimum Gasteiger partial charge on any atom is -0.469 e. The molecule has 0 N–H and O–H groups in total. The standard InChI is InChI=1S/C12H14O4/c1-8(11(13)15-2)9-5-4-6-10(7-9)12(14)16-3/h4-8H,1-3H3. The van der Waals surface area contributed by atoms with Gasteiger partial charge in [-0.2, -0.15) is 0 Å². The molecule has 0 aliphatic rings. The molecule has 0 bridgehead atoms. The zero-order chi connectivity index (χ0) is 12.1. The number of rotatable bonds is 3. The molecule has 0 amide bonds. The Bertz CT molecular complexity index is 398. The first-order valence-corrected chi connectivity index (χ1v) is 4.86. The van der Waals surface area contributed by atoms with Crippen LogP contribution in [-0.2, 0) is 14.3 Å². The molecule has 86 valence electrons. The van der Waals surface area contributed by atoms with Crippen LogP contribution in [0.2, 0.25) is 0 Å². The summed E-state index contributed by atoms with van der Waals surface area (Å²) in [6.07, 6.45) is 0. The summed E-state index contributed by atoms with van der Waals surface area (Å²) < 4.78 is 9.24. The van der Waals surface area contributed by atoms with Gasteiger partial charge in [0.1, 0.15) is 0 Å². The van der Waals surface area contributed by atoms with Gasteiger partial charge in [0.05, 0.1) is 25.7 Å². The molecule has 0 saturated carbocycles. The number of benzene rings is 1. The summed E-state index contributed by atoms with van der Waals surface area (Å²) in [5, 5.41) is 0. The zero-order valence-electron chi connectivity index (χ0n) is 9.52. The van der Waals surface area contributed by atoms with Crippen LogP contribution < -0.4 is 0 Å². The predicted octanol–water partition coefficient (Wildman–Crippen LogP) is 1.75. The summed E-state index contributed by atoms with van der Waals surface area (Å²) in [4.78, 5) is 22.6. The number of methoxy groups -OCH3 is 2. The lowest BCUT2D eigenvalue weighted by molar-refractivity contribution is -0.141. The molecule has 4 nitrogen and oxygen atoms in total. The van der Waals surface area contributed by atoms with Crippen molar-refractivity contribution in [3.8, 4) is 0 Å². The molecule has 1 rings (SSSR count). The third kappa shape index (κ3) is 2.59. The molecule has 1 atom stereocenters. The van der Waals surface area contributed by atoms with Gasteiger partial charge in [-0.05, 0) is 24.6 Å². The van der Waals surface area contributed by atoms with Gasteiger partial charge in [0, 0.05) is 0 Å². The molecule has 0 saturated heterocycles. The number of carbonyl (C=O) groups excluding carboxylic acids is 2. The normalized spacial score (nSPS) is 11.7. The van der Waals surface area contributed by atoms with Gasteiger partial charge >= 0.3 is 11.9 Å². The van der Waals surface area contributed by atoms with E-state index in [1.807, 2.05) is 0 Å². The Kier molecular flexibility index (Phi) is 4.05. The molecule has 0 aliphatic carbocycles. The van der Waals surface area contributed by atoms with Gasteiger partial charge in [0.25, 0.3) is 0 Å². The Morgan fingerprint density at radius 2 is 1.88 bits per heavy atom. The maximum Gasteiger partial charge on any atom is 0.337 e. The average molecular weight is 222 g/mol. The second-order valence-corrected chi connectivity index (χ2v) is 3.36. The molecule has 1 aromatic rings. The Morgan fingerprint density at radius 1 is 1.19 bits per heavy atom. The van der Waals surface area contributed by atoms with E-state index < -0.39 is 11.9 Å². The first kappa shape index (κ1) is 12.2. The van der Waals surface area contributed by atoms with E-state index in [0.717, 1.165) is 5.56 Å². The maximum absolute atomic E-state index is 11.3. The quantitative estimate of drug-likeness (QED) is 0.731. The van der Waals surface area contributed by atoms with Gasteiger partial charge in [-0.3, -0.25) is 4.79 Å². The molecular weight excluding hydrogens is 208 g/mol. The van der Waals surface area contributed by atoms with Crippen molar-refractivity contribution in [2.24, 2.45) is 0 Å². The summed E-state index contributed by atoms with van der Waals surface area (Å²) in [5.74, 6) is -1.14. The van der Waals surface area contributed by atoms with Crippen LogP contribution >= 0.6 is 0 Å². The Morgan fingerprint density at radius 3 is 2.44 bits per heavy atom. The van der Waals surface area contributed by atoms with Crippen molar-refractivity contribution in [3.63, 3.8) is 0 Å². The minimum absolute atomic E-state index is 0.331. The SMILES string of the molecule is COC(=O)c1cccc(C(C)C(=O)OC)c1. The molecule has 0 heterocycles. The smallest absolute Gasteiger partial charge is 0.337 e. The van der Waals surface area contributed by atoms with Crippen LogP contribution in [0.15, 0.2) is 24.3 Å². The molecule has 0 radical (unpaired) electrons. The summed E-state index contributed by atoms with van der Waals surface area (Å²) in [6, 6.07) is 6.75. The third-order valence-corrected chi connectivity index (χ3v) is 2.36.